The molecule has 2 amide bonds. The van der Waals surface area contributed by atoms with Gasteiger partial charge in [0.25, 0.3) is 0 Å². The summed E-state index contributed by atoms with van der Waals surface area (Å²) >= 11 is 0. The summed E-state index contributed by atoms with van der Waals surface area (Å²) in [4.78, 5) is 38.4. The molecule has 1 aromatic carbocycles. The van der Waals surface area contributed by atoms with Crippen LogP contribution in [0.25, 0.3) is 11.1 Å². The van der Waals surface area contributed by atoms with Gasteiger partial charge >= 0.3 is 5.76 Å². The van der Waals surface area contributed by atoms with Gasteiger partial charge < -0.3 is 14.6 Å². The quantitative estimate of drug-likeness (QED) is 0.908. The monoisotopic (exact) mass is 359 g/mol. The number of nitrogens with zero attached hydrogens (tertiary/aromatic N) is 2. The van der Waals surface area contributed by atoms with E-state index in [1.165, 1.54) is 4.57 Å². The third-order valence-corrected chi connectivity index (χ3v) is 5.20. The molecule has 2 atom stereocenters. The summed E-state index contributed by atoms with van der Waals surface area (Å²) in [5.74, 6) is -0.660. The fraction of sp³-hybridized carbons (Fsp3) is 0.526. The summed E-state index contributed by atoms with van der Waals surface area (Å²) in [6, 6.07) is 5.15. The van der Waals surface area contributed by atoms with E-state index in [0.717, 1.165) is 19.3 Å². The molecule has 1 aliphatic heterocycles. The first-order valence-electron chi connectivity index (χ1n) is 9.10. The summed E-state index contributed by atoms with van der Waals surface area (Å²) < 4.78 is 6.57. The molecule has 7 heteroatoms. The minimum Gasteiger partial charge on any atom is -0.408 e. The minimum absolute atomic E-state index is 0.0137. The van der Waals surface area contributed by atoms with Crippen molar-refractivity contribution in [1.29, 1.82) is 0 Å². The Balaban J connectivity index is 1.69. The van der Waals surface area contributed by atoms with Crippen LogP contribution in [0.15, 0.2) is 27.4 Å². The van der Waals surface area contributed by atoms with Gasteiger partial charge in [-0.2, -0.15) is 0 Å². The maximum atomic E-state index is 12.6. The van der Waals surface area contributed by atoms with Crippen LogP contribution in [0.1, 0.15) is 33.1 Å². The van der Waals surface area contributed by atoms with Gasteiger partial charge in [0.1, 0.15) is 0 Å². The summed E-state index contributed by atoms with van der Waals surface area (Å²) in [6.45, 7) is 5.09. The maximum Gasteiger partial charge on any atom is 0.419 e. The summed E-state index contributed by atoms with van der Waals surface area (Å²) in [7, 11) is 1.64. The predicted molar refractivity (Wildman–Crippen MR) is 98.8 cm³/mol. The number of fused-ring (bicyclic) bond motifs is 1. The zero-order valence-electron chi connectivity index (χ0n) is 15.4. The van der Waals surface area contributed by atoms with Crippen LogP contribution in [0, 0.1) is 11.8 Å². The average molecular weight is 359 g/mol. The fourth-order valence-corrected chi connectivity index (χ4v) is 3.33. The van der Waals surface area contributed by atoms with E-state index < -0.39 is 5.76 Å². The van der Waals surface area contributed by atoms with Crippen LogP contribution < -0.4 is 11.1 Å². The topological polar surface area (TPSA) is 84.6 Å². The third-order valence-electron chi connectivity index (χ3n) is 5.20. The predicted octanol–water partition coefficient (Wildman–Crippen LogP) is 2.35. The number of carbonyl (C=O) groups excluding carboxylic acids is 2. The van der Waals surface area contributed by atoms with Gasteiger partial charge in [-0.25, -0.2) is 4.79 Å². The van der Waals surface area contributed by atoms with Crippen LogP contribution in [-0.4, -0.2) is 34.4 Å². The van der Waals surface area contributed by atoms with Crippen molar-refractivity contribution in [3.05, 3.63) is 28.7 Å². The zero-order valence-corrected chi connectivity index (χ0v) is 15.4. The van der Waals surface area contributed by atoms with Crippen molar-refractivity contribution in [3.8, 4) is 0 Å². The minimum atomic E-state index is -0.435. The van der Waals surface area contributed by atoms with Crippen molar-refractivity contribution in [1.82, 2.24) is 9.47 Å². The molecule has 2 heterocycles. The summed E-state index contributed by atoms with van der Waals surface area (Å²) in [5.41, 5.74) is 1.70. The number of oxazole rings is 1. The Bertz CT molecular complexity index is 883. The Morgan fingerprint density at radius 1 is 1.38 bits per heavy atom. The Kier molecular flexibility index (Phi) is 5.15. The highest BCUT2D eigenvalue weighted by Crippen LogP contribution is 2.22. The van der Waals surface area contributed by atoms with E-state index in [2.05, 4.69) is 5.32 Å². The molecule has 0 bridgehead atoms. The van der Waals surface area contributed by atoms with Gasteiger partial charge in [-0.1, -0.05) is 13.8 Å². The fourth-order valence-electron chi connectivity index (χ4n) is 3.33. The second-order valence-electron chi connectivity index (χ2n) is 7.03. The number of aryl methyl sites for hydroxylation is 1. The summed E-state index contributed by atoms with van der Waals surface area (Å²) in [6.07, 6.45) is 2.39. The normalized spacial score (nSPS) is 18.7. The molecule has 0 radical (unpaired) electrons. The maximum absolute atomic E-state index is 12.6. The number of nitrogens with one attached hydrogen (secondary N) is 1. The van der Waals surface area contributed by atoms with Gasteiger partial charge in [-0.05, 0) is 31.4 Å². The highest BCUT2D eigenvalue weighted by Gasteiger charge is 2.30. The number of likely N-dealkylation sites (tertiary alicyclic amines) is 1. The standard InChI is InChI=1S/C19H25N3O4/c1-4-12(2)18(24)22-9-5-6-13(11-22)17(23)20-14-7-8-15-16(10-14)26-19(25)21(15)3/h7-8,10,12-13H,4-6,9,11H2,1-3H3,(H,20,23)/t12-,13-/m0/s1. The Labute approximate surface area is 152 Å². The van der Waals surface area contributed by atoms with Gasteiger partial charge in [0, 0.05) is 37.8 Å². The molecule has 1 saturated heterocycles. The van der Waals surface area contributed by atoms with Gasteiger partial charge in [-0.3, -0.25) is 14.2 Å². The number of hydrogen-bond donors (Lipinski definition) is 1. The molecule has 0 aliphatic carbocycles. The molecule has 2 aromatic rings. The van der Waals surface area contributed by atoms with E-state index in [1.807, 2.05) is 13.8 Å². The first-order chi connectivity index (χ1) is 12.4. The lowest BCUT2D eigenvalue weighted by Crippen LogP contribution is -2.45. The van der Waals surface area contributed by atoms with E-state index in [4.69, 9.17) is 4.42 Å². The van der Waals surface area contributed by atoms with Crippen molar-refractivity contribution in [2.75, 3.05) is 18.4 Å². The number of piperidine rings is 1. The van der Waals surface area contributed by atoms with E-state index >= 15 is 0 Å². The Morgan fingerprint density at radius 2 is 2.15 bits per heavy atom. The van der Waals surface area contributed by atoms with E-state index in [1.54, 1.807) is 30.1 Å². The largest absolute Gasteiger partial charge is 0.419 e. The van der Waals surface area contributed by atoms with E-state index in [9.17, 15) is 14.4 Å². The SMILES string of the molecule is CC[C@H](C)C(=O)N1CCC[C@H](C(=O)Nc2ccc3c(c2)oc(=O)n3C)C1. The van der Waals surface area contributed by atoms with Gasteiger partial charge in [0.05, 0.1) is 11.4 Å². The van der Waals surface area contributed by atoms with Crippen molar-refractivity contribution in [2.45, 2.75) is 33.1 Å². The molecule has 7 nitrogen and oxygen atoms in total. The van der Waals surface area contributed by atoms with Crippen LogP contribution in [0.5, 0.6) is 0 Å². The van der Waals surface area contributed by atoms with E-state index in [0.29, 0.717) is 29.9 Å². The second kappa shape index (κ2) is 7.35. The molecule has 0 spiro atoms. The molecule has 1 aliphatic rings. The number of amides is 2. The molecule has 140 valence electrons. The third kappa shape index (κ3) is 3.52. The number of benzene rings is 1. The molecule has 3 rings (SSSR count). The van der Waals surface area contributed by atoms with Gasteiger partial charge in [0.2, 0.25) is 11.8 Å². The van der Waals surface area contributed by atoms with Crippen LogP contribution in [0.4, 0.5) is 5.69 Å². The molecule has 1 aromatic heterocycles. The number of anilines is 1. The molecule has 0 saturated carbocycles. The number of rotatable bonds is 4. The Hall–Kier alpha value is -2.57. The van der Waals surface area contributed by atoms with Crippen molar-refractivity contribution in [2.24, 2.45) is 18.9 Å². The molecular weight excluding hydrogens is 334 g/mol. The molecule has 0 unspecified atom stereocenters. The average Bonchev–Trinajstić information content (AvgIpc) is 2.94. The van der Waals surface area contributed by atoms with Crippen LogP contribution in [-0.2, 0) is 16.6 Å². The number of aromatic nitrogens is 1. The van der Waals surface area contributed by atoms with Crippen molar-refractivity contribution in [3.63, 3.8) is 0 Å². The first-order valence-corrected chi connectivity index (χ1v) is 9.10. The zero-order chi connectivity index (χ0) is 18.8. The van der Waals surface area contributed by atoms with Gasteiger partial charge in [-0.15, -0.1) is 0 Å². The van der Waals surface area contributed by atoms with Crippen molar-refractivity contribution < 1.29 is 14.0 Å². The van der Waals surface area contributed by atoms with Gasteiger partial charge in [0.15, 0.2) is 5.58 Å². The highest BCUT2D eigenvalue weighted by atomic mass is 16.4. The Morgan fingerprint density at radius 3 is 2.88 bits per heavy atom. The van der Waals surface area contributed by atoms with Crippen LogP contribution in [0.2, 0.25) is 0 Å². The lowest BCUT2D eigenvalue weighted by Gasteiger charge is -2.33. The lowest BCUT2D eigenvalue weighted by molar-refractivity contribution is -0.138. The lowest BCUT2D eigenvalue weighted by atomic mass is 9.95. The summed E-state index contributed by atoms with van der Waals surface area (Å²) in [5, 5.41) is 2.89. The number of carbonyl (C=O) groups is 2. The molecular formula is C19H25N3O4. The second-order valence-corrected chi connectivity index (χ2v) is 7.03. The first kappa shape index (κ1) is 18.2. The molecule has 1 N–H and O–H groups in total. The van der Waals surface area contributed by atoms with Crippen LogP contribution >= 0.6 is 0 Å². The highest BCUT2D eigenvalue weighted by molar-refractivity contribution is 5.94. The number of hydrogen-bond acceptors (Lipinski definition) is 4. The molecule has 26 heavy (non-hydrogen) atoms. The van der Waals surface area contributed by atoms with Crippen LogP contribution in [0.3, 0.4) is 0 Å². The van der Waals surface area contributed by atoms with E-state index in [-0.39, 0.29) is 23.7 Å². The molecule has 1 fully saturated rings. The van der Waals surface area contributed by atoms with Crippen molar-refractivity contribution >= 4 is 28.6 Å². The smallest absolute Gasteiger partial charge is 0.408 e.